The quantitative estimate of drug-likeness (QED) is 0.181. The zero-order valence-corrected chi connectivity index (χ0v) is 31.1. The first kappa shape index (κ1) is 30.8. The minimum atomic E-state index is -0.117. The van der Waals surface area contributed by atoms with Crippen molar-refractivity contribution in [3.05, 3.63) is 175 Å². The molecule has 0 aliphatic heterocycles. The first-order valence-corrected chi connectivity index (χ1v) is 19.6. The van der Waals surface area contributed by atoms with E-state index in [1.807, 2.05) is 17.4 Å². The summed E-state index contributed by atoms with van der Waals surface area (Å²) in [7, 11) is 0. The normalized spacial score (nSPS) is 13.4. The molecule has 11 aromatic rings. The van der Waals surface area contributed by atoms with Crippen molar-refractivity contribution in [3.63, 3.8) is 0 Å². The number of thiophene rings is 1. The summed E-state index contributed by atoms with van der Waals surface area (Å²) in [5.41, 5.74) is 14.3. The Balaban J connectivity index is 1.04. The van der Waals surface area contributed by atoms with Gasteiger partial charge in [-0.15, -0.1) is 11.3 Å². The fourth-order valence-electron chi connectivity index (χ4n) is 9.11. The number of benzene rings is 8. The Morgan fingerprint density at radius 3 is 1.91 bits per heavy atom. The predicted molar refractivity (Wildman–Crippen MR) is 232 cm³/mol. The van der Waals surface area contributed by atoms with Crippen molar-refractivity contribution in [1.82, 2.24) is 0 Å². The van der Waals surface area contributed by atoms with E-state index in [0.717, 1.165) is 66.5 Å². The maximum Gasteiger partial charge on any atom is 0.136 e. The summed E-state index contributed by atoms with van der Waals surface area (Å²) in [6.45, 7) is 4.69. The molecule has 0 bridgehead atoms. The van der Waals surface area contributed by atoms with Crippen molar-refractivity contribution in [2.75, 3.05) is 4.90 Å². The summed E-state index contributed by atoms with van der Waals surface area (Å²) < 4.78 is 15.7. The number of anilines is 3. The van der Waals surface area contributed by atoms with E-state index in [9.17, 15) is 0 Å². The number of nitrogens with zero attached hydrogens (tertiary/aromatic N) is 1. The van der Waals surface area contributed by atoms with Crippen molar-refractivity contribution < 1.29 is 8.83 Å². The lowest BCUT2D eigenvalue weighted by Gasteiger charge is -2.28. The highest BCUT2D eigenvalue weighted by molar-refractivity contribution is 7.25. The number of fused-ring (bicyclic) bond motifs is 12. The Morgan fingerprint density at radius 1 is 0.400 bits per heavy atom. The van der Waals surface area contributed by atoms with Gasteiger partial charge in [-0.05, 0) is 106 Å². The molecule has 12 rings (SSSR count). The lowest BCUT2D eigenvalue weighted by atomic mass is 9.82. The second kappa shape index (κ2) is 11.2. The number of hydrogen-bond acceptors (Lipinski definition) is 4. The topological polar surface area (TPSA) is 29.5 Å². The Bertz CT molecular complexity index is 3360. The van der Waals surface area contributed by atoms with Crippen LogP contribution >= 0.6 is 11.3 Å². The van der Waals surface area contributed by atoms with Crippen LogP contribution < -0.4 is 4.90 Å². The first-order chi connectivity index (χ1) is 27.0. The average Bonchev–Trinajstić information content (AvgIpc) is 3.94. The molecule has 3 aromatic heterocycles. The monoisotopic (exact) mass is 723 g/mol. The van der Waals surface area contributed by atoms with Crippen molar-refractivity contribution in [2.24, 2.45) is 0 Å². The largest absolute Gasteiger partial charge is 0.456 e. The van der Waals surface area contributed by atoms with Crippen molar-refractivity contribution >= 4 is 92.4 Å². The van der Waals surface area contributed by atoms with Gasteiger partial charge in [0, 0.05) is 64.2 Å². The molecule has 0 radical (unpaired) electrons. The highest BCUT2D eigenvalue weighted by Gasteiger charge is 2.35. The van der Waals surface area contributed by atoms with Gasteiger partial charge in [0.25, 0.3) is 0 Å². The summed E-state index contributed by atoms with van der Waals surface area (Å²) in [5.74, 6) is 0. The third-order valence-corrected chi connectivity index (χ3v) is 13.0. The van der Waals surface area contributed by atoms with Crippen molar-refractivity contribution in [2.45, 2.75) is 19.3 Å². The van der Waals surface area contributed by atoms with E-state index < -0.39 is 0 Å². The lowest BCUT2D eigenvalue weighted by Crippen LogP contribution is -2.16. The Hall–Kier alpha value is -6.62. The molecule has 0 fully saturated rings. The van der Waals surface area contributed by atoms with Crippen molar-refractivity contribution in [1.29, 1.82) is 0 Å². The summed E-state index contributed by atoms with van der Waals surface area (Å²) in [4.78, 5) is 2.41. The molecule has 3 heterocycles. The van der Waals surface area contributed by atoms with Crippen LogP contribution in [0.3, 0.4) is 0 Å². The van der Waals surface area contributed by atoms with Gasteiger partial charge in [-0.25, -0.2) is 0 Å². The van der Waals surface area contributed by atoms with E-state index in [1.165, 1.54) is 48.0 Å². The van der Waals surface area contributed by atoms with Gasteiger partial charge in [-0.2, -0.15) is 0 Å². The van der Waals surface area contributed by atoms with Crippen LogP contribution in [0.2, 0.25) is 0 Å². The maximum atomic E-state index is 6.57. The molecule has 0 amide bonds. The molecule has 0 saturated carbocycles. The van der Waals surface area contributed by atoms with Gasteiger partial charge < -0.3 is 13.7 Å². The highest BCUT2D eigenvalue weighted by atomic mass is 32.1. The number of furan rings is 2. The van der Waals surface area contributed by atoms with Crippen LogP contribution in [-0.2, 0) is 5.41 Å². The maximum absolute atomic E-state index is 6.57. The molecular formula is C51H33NO2S. The summed E-state index contributed by atoms with van der Waals surface area (Å²) >= 11 is 1.85. The fourth-order valence-corrected chi connectivity index (χ4v) is 10.3. The molecule has 1 aliphatic rings. The number of hydrogen-bond donors (Lipinski definition) is 0. The van der Waals surface area contributed by atoms with Crippen LogP contribution in [0.1, 0.15) is 25.0 Å². The molecule has 3 nitrogen and oxygen atoms in total. The summed E-state index contributed by atoms with van der Waals surface area (Å²) in [6.07, 6.45) is 0. The van der Waals surface area contributed by atoms with Gasteiger partial charge in [-0.1, -0.05) is 105 Å². The standard InChI is InChI=1S/C51H33NO2S/c1-51(2)43-14-8-6-12-35(43)36-21-17-33(26-44(36)51)52(34-18-22-39-38-13-7-9-15-49(38)55-50(39)27-34)32-19-23-45-40(25-32)42-29-47-41(28-48(42)53-45)37-20-16-31(24-46(37)54-47)30-10-4-3-5-11-30/h3-29H,1-2H3. The fraction of sp³-hybridized carbons (Fsp3) is 0.0588. The Morgan fingerprint density at radius 2 is 1.02 bits per heavy atom. The van der Waals surface area contributed by atoms with E-state index in [2.05, 4.69) is 176 Å². The molecule has 4 heteroatoms. The lowest BCUT2D eigenvalue weighted by molar-refractivity contribution is 0.660. The van der Waals surface area contributed by atoms with Crippen LogP contribution in [0.5, 0.6) is 0 Å². The predicted octanol–water partition coefficient (Wildman–Crippen LogP) is 15.3. The molecule has 8 aromatic carbocycles. The zero-order chi connectivity index (χ0) is 36.4. The van der Waals surface area contributed by atoms with Crippen LogP contribution in [0.4, 0.5) is 17.1 Å². The van der Waals surface area contributed by atoms with Crippen molar-refractivity contribution in [3.8, 4) is 22.3 Å². The Kier molecular flexibility index (Phi) is 6.27. The highest BCUT2D eigenvalue weighted by Crippen LogP contribution is 2.51. The van der Waals surface area contributed by atoms with Crippen LogP contribution in [0.15, 0.2) is 173 Å². The van der Waals surface area contributed by atoms with Gasteiger partial charge in [0.15, 0.2) is 0 Å². The van der Waals surface area contributed by atoms with Crippen LogP contribution in [0.25, 0.3) is 86.3 Å². The number of rotatable bonds is 4. The Labute approximate surface area is 321 Å². The first-order valence-electron chi connectivity index (χ1n) is 18.8. The molecule has 0 N–H and O–H groups in total. The third-order valence-electron chi connectivity index (χ3n) is 11.9. The summed E-state index contributed by atoms with van der Waals surface area (Å²) in [6, 6.07) is 59.3. The van der Waals surface area contributed by atoms with E-state index in [-0.39, 0.29) is 5.41 Å². The average molecular weight is 724 g/mol. The van der Waals surface area contributed by atoms with Crippen LogP contribution in [0, 0.1) is 0 Å². The molecular weight excluding hydrogens is 691 g/mol. The second-order valence-corrected chi connectivity index (χ2v) is 16.4. The van der Waals surface area contributed by atoms with Gasteiger partial charge >= 0.3 is 0 Å². The SMILES string of the molecule is CC1(C)c2ccccc2-c2ccc(N(c3ccc4c(c3)sc3ccccc34)c3ccc4oc5cc6c(cc5c4c3)oc3cc(-c4ccccc4)ccc36)cc21. The van der Waals surface area contributed by atoms with E-state index >= 15 is 0 Å². The molecule has 0 unspecified atom stereocenters. The minimum Gasteiger partial charge on any atom is -0.456 e. The van der Waals surface area contributed by atoms with E-state index in [1.54, 1.807) is 0 Å². The summed E-state index contributed by atoms with van der Waals surface area (Å²) in [5, 5.41) is 6.83. The molecule has 0 saturated heterocycles. The van der Waals surface area contributed by atoms with E-state index in [0.29, 0.717) is 0 Å². The molecule has 0 spiro atoms. The van der Waals surface area contributed by atoms with Gasteiger partial charge in [-0.3, -0.25) is 0 Å². The van der Waals surface area contributed by atoms with E-state index in [4.69, 9.17) is 8.83 Å². The van der Waals surface area contributed by atoms with Gasteiger partial charge in [0.1, 0.15) is 22.3 Å². The smallest absolute Gasteiger partial charge is 0.136 e. The zero-order valence-electron chi connectivity index (χ0n) is 30.3. The van der Waals surface area contributed by atoms with Crippen LogP contribution in [-0.4, -0.2) is 0 Å². The molecule has 260 valence electrons. The minimum absolute atomic E-state index is 0.117. The molecule has 1 aliphatic carbocycles. The third kappa shape index (κ3) is 4.49. The second-order valence-electron chi connectivity index (χ2n) is 15.3. The van der Waals surface area contributed by atoms with Gasteiger partial charge in [0.2, 0.25) is 0 Å². The molecule has 55 heavy (non-hydrogen) atoms. The molecule has 0 atom stereocenters. The van der Waals surface area contributed by atoms with Gasteiger partial charge in [0.05, 0.1) is 0 Å².